The molecule has 0 amide bonds. The van der Waals surface area contributed by atoms with Gasteiger partial charge >= 0.3 is 0 Å². The standard InChI is InChI=1S/C16H25ClFN/c1-6-16(7-2,11-19-15(3,4)5)12-9-8-10-13(17)14(12)18/h8-10,19H,6-7,11H2,1-5H3. The van der Waals surface area contributed by atoms with Crippen molar-refractivity contribution in [3.05, 3.63) is 34.6 Å². The van der Waals surface area contributed by atoms with Gasteiger partial charge in [-0.25, -0.2) is 4.39 Å². The summed E-state index contributed by atoms with van der Waals surface area (Å²) in [5.41, 5.74) is 0.536. The summed E-state index contributed by atoms with van der Waals surface area (Å²) < 4.78 is 14.3. The van der Waals surface area contributed by atoms with Crippen LogP contribution in [0, 0.1) is 5.82 Å². The van der Waals surface area contributed by atoms with Crippen molar-refractivity contribution >= 4 is 11.6 Å². The Morgan fingerprint density at radius 1 is 1.16 bits per heavy atom. The minimum Gasteiger partial charge on any atom is -0.311 e. The molecule has 0 heterocycles. The molecule has 1 nitrogen and oxygen atoms in total. The van der Waals surface area contributed by atoms with Crippen LogP contribution in [0.25, 0.3) is 0 Å². The van der Waals surface area contributed by atoms with Gasteiger partial charge in [-0.05, 0) is 45.2 Å². The molecule has 1 aromatic rings. The molecule has 0 spiro atoms. The Hall–Kier alpha value is -0.600. The fourth-order valence-electron chi connectivity index (χ4n) is 2.32. The van der Waals surface area contributed by atoms with Crippen LogP contribution >= 0.6 is 11.6 Å². The van der Waals surface area contributed by atoms with Gasteiger partial charge in [0.05, 0.1) is 5.02 Å². The van der Waals surface area contributed by atoms with Crippen LogP contribution < -0.4 is 5.32 Å². The molecule has 1 aromatic carbocycles. The molecule has 1 rings (SSSR count). The van der Waals surface area contributed by atoms with Crippen molar-refractivity contribution in [3.63, 3.8) is 0 Å². The van der Waals surface area contributed by atoms with Gasteiger partial charge in [0.15, 0.2) is 0 Å². The second-order valence-electron chi connectivity index (χ2n) is 6.19. The lowest BCUT2D eigenvalue weighted by Crippen LogP contribution is -2.46. The maximum atomic E-state index is 14.3. The molecule has 108 valence electrons. The molecule has 3 heteroatoms. The highest BCUT2D eigenvalue weighted by molar-refractivity contribution is 6.30. The molecule has 0 aliphatic carbocycles. The molecule has 0 aliphatic heterocycles. The van der Waals surface area contributed by atoms with E-state index in [0.29, 0.717) is 0 Å². The van der Waals surface area contributed by atoms with Crippen LogP contribution in [0.3, 0.4) is 0 Å². The van der Waals surface area contributed by atoms with E-state index in [1.165, 1.54) is 0 Å². The molecular weight excluding hydrogens is 261 g/mol. The van der Waals surface area contributed by atoms with Crippen LogP contribution in [-0.4, -0.2) is 12.1 Å². The molecule has 0 radical (unpaired) electrons. The summed E-state index contributed by atoms with van der Waals surface area (Å²) in [6.45, 7) is 11.3. The average molecular weight is 286 g/mol. The number of hydrogen-bond acceptors (Lipinski definition) is 1. The van der Waals surface area contributed by atoms with E-state index >= 15 is 0 Å². The van der Waals surface area contributed by atoms with Gasteiger partial charge in [-0.1, -0.05) is 37.6 Å². The van der Waals surface area contributed by atoms with Gasteiger partial charge in [0.1, 0.15) is 5.82 Å². The third-order valence-corrected chi connectivity index (χ3v) is 4.13. The summed E-state index contributed by atoms with van der Waals surface area (Å²) in [4.78, 5) is 0. The molecule has 19 heavy (non-hydrogen) atoms. The van der Waals surface area contributed by atoms with Crippen LogP contribution in [0.15, 0.2) is 18.2 Å². The fourth-order valence-corrected chi connectivity index (χ4v) is 2.50. The van der Waals surface area contributed by atoms with E-state index in [1.807, 2.05) is 12.1 Å². The van der Waals surface area contributed by atoms with Gasteiger partial charge in [0.25, 0.3) is 0 Å². The van der Waals surface area contributed by atoms with Crippen molar-refractivity contribution in [3.8, 4) is 0 Å². The molecule has 0 aliphatic rings. The monoisotopic (exact) mass is 285 g/mol. The lowest BCUT2D eigenvalue weighted by Gasteiger charge is -2.36. The topological polar surface area (TPSA) is 12.0 Å². The highest BCUT2D eigenvalue weighted by Gasteiger charge is 2.32. The van der Waals surface area contributed by atoms with Gasteiger partial charge in [0, 0.05) is 17.5 Å². The van der Waals surface area contributed by atoms with Gasteiger partial charge < -0.3 is 5.32 Å². The van der Waals surface area contributed by atoms with Gasteiger partial charge in [-0.3, -0.25) is 0 Å². The van der Waals surface area contributed by atoms with E-state index < -0.39 is 0 Å². The smallest absolute Gasteiger partial charge is 0.145 e. The van der Waals surface area contributed by atoms with E-state index in [-0.39, 0.29) is 21.8 Å². The van der Waals surface area contributed by atoms with Crippen molar-refractivity contribution in [2.45, 2.75) is 58.4 Å². The first-order valence-electron chi connectivity index (χ1n) is 6.95. The van der Waals surface area contributed by atoms with Crippen LogP contribution in [0.4, 0.5) is 4.39 Å². The lowest BCUT2D eigenvalue weighted by molar-refractivity contribution is 0.305. The van der Waals surface area contributed by atoms with Crippen LogP contribution in [0.5, 0.6) is 0 Å². The molecule has 0 unspecified atom stereocenters. The van der Waals surface area contributed by atoms with Crippen molar-refractivity contribution in [1.82, 2.24) is 5.32 Å². The van der Waals surface area contributed by atoms with Gasteiger partial charge in [-0.2, -0.15) is 0 Å². The quantitative estimate of drug-likeness (QED) is 0.809. The third kappa shape index (κ3) is 3.93. The number of benzene rings is 1. The van der Waals surface area contributed by atoms with Crippen molar-refractivity contribution in [1.29, 1.82) is 0 Å². The number of hydrogen-bond donors (Lipinski definition) is 1. The van der Waals surface area contributed by atoms with Gasteiger partial charge in [-0.15, -0.1) is 0 Å². The lowest BCUT2D eigenvalue weighted by atomic mass is 9.75. The van der Waals surface area contributed by atoms with Crippen LogP contribution in [0.1, 0.15) is 53.0 Å². The summed E-state index contributed by atoms with van der Waals surface area (Å²) in [5, 5.41) is 3.71. The van der Waals surface area contributed by atoms with E-state index in [1.54, 1.807) is 6.07 Å². The minimum absolute atomic E-state index is 0.0185. The molecule has 0 aromatic heterocycles. The van der Waals surface area contributed by atoms with Crippen LogP contribution in [-0.2, 0) is 5.41 Å². The van der Waals surface area contributed by atoms with Gasteiger partial charge in [0.2, 0.25) is 0 Å². The summed E-state index contributed by atoms with van der Waals surface area (Å²) in [6.07, 6.45) is 1.76. The zero-order valence-corrected chi connectivity index (χ0v) is 13.4. The van der Waals surface area contributed by atoms with E-state index in [0.717, 1.165) is 24.9 Å². The zero-order chi connectivity index (χ0) is 14.7. The number of halogens is 2. The van der Waals surface area contributed by atoms with Crippen molar-refractivity contribution in [2.24, 2.45) is 0 Å². The Labute approximate surface area is 121 Å². The van der Waals surface area contributed by atoms with Crippen molar-refractivity contribution < 1.29 is 4.39 Å². The minimum atomic E-state index is -0.274. The first kappa shape index (κ1) is 16.5. The molecule has 0 atom stereocenters. The highest BCUT2D eigenvalue weighted by Crippen LogP contribution is 2.35. The fraction of sp³-hybridized carbons (Fsp3) is 0.625. The summed E-state index contributed by atoms with van der Waals surface area (Å²) >= 11 is 5.93. The molecule has 0 saturated carbocycles. The molecule has 0 saturated heterocycles. The summed E-state index contributed by atoms with van der Waals surface area (Å²) in [5.74, 6) is -0.274. The first-order chi connectivity index (χ1) is 8.75. The Kier molecular flexibility index (Phi) is 5.40. The summed E-state index contributed by atoms with van der Waals surface area (Å²) in [6, 6.07) is 5.30. The maximum Gasteiger partial charge on any atom is 0.145 e. The number of rotatable bonds is 5. The molecule has 0 bridgehead atoms. The zero-order valence-electron chi connectivity index (χ0n) is 12.6. The second kappa shape index (κ2) is 6.23. The average Bonchev–Trinajstić information content (AvgIpc) is 2.34. The third-order valence-electron chi connectivity index (χ3n) is 3.83. The molecule has 0 fully saturated rings. The van der Waals surface area contributed by atoms with Crippen LogP contribution in [0.2, 0.25) is 5.02 Å². The largest absolute Gasteiger partial charge is 0.311 e. The summed E-state index contributed by atoms with van der Waals surface area (Å²) in [7, 11) is 0. The van der Waals surface area contributed by atoms with Crippen molar-refractivity contribution in [2.75, 3.05) is 6.54 Å². The molecule has 1 N–H and O–H groups in total. The predicted molar refractivity (Wildman–Crippen MR) is 81.4 cm³/mol. The highest BCUT2D eigenvalue weighted by atomic mass is 35.5. The normalized spacial score (nSPS) is 12.8. The Morgan fingerprint density at radius 2 is 1.74 bits per heavy atom. The predicted octanol–water partition coefficient (Wildman–Crippen LogP) is 4.93. The number of nitrogens with one attached hydrogen (secondary N) is 1. The Balaban J connectivity index is 3.14. The van der Waals surface area contributed by atoms with E-state index in [2.05, 4.69) is 39.9 Å². The van der Waals surface area contributed by atoms with E-state index in [4.69, 9.17) is 11.6 Å². The second-order valence-corrected chi connectivity index (χ2v) is 6.60. The first-order valence-corrected chi connectivity index (χ1v) is 7.33. The maximum absolute atomic E-state index is 14.3. The Bertz CT molecular complexity index is 419. The Morgan fingerprint density at radius 3 is 2.21 bits per heavy atom. The molecular formula is C16H25ClFN. The SMILES string of the molecule is CCC(CC)(CNC(C)(C)C)c1cccc(Cl)c1F. The van der Waals surface area contributed by atoms with E-state index in [9.17, 15) is 4.39 Å².